The lowest BCUT2D eigenvalue weighted by molar-refractivity contribution is 0.179. The zero-order valence-electron chi connectivity index (χ0n) is 10.3. The van der Waals surface area contributed by atoms with E-state index in [-0.39, 0.29) is 5.43 Å². The van der Waals surface area contributed by atoms with Gasteiger partial charge in [0.1, 0.15) is 22.5 Å². The SMILES string of the molecule is COc1cc(C)cc2oc3c(c(=O)c12)C(O)CC3. The van der Waals surface area contributed by atoms with Crippen LogP contribution in [0.4, 0.5) is 0 Å². The molecule has 1 N–H and O–H groups in total. The summed E-state index contributed by atoms with van der Waals surface area (Å²) in [5, 5.41) is 10.3. The highest BCUT2D eigenvalue weighted by Gasteiger charge is 2.28. The van der Waals surface area contributed by atoms with E-state index in [4.69, 9.17) is 9.15 Å². The van der Waals surface area contributed by atoms with Crippen molar-refractivity contribution in [2.75, 3.05) is 7.11 Å². The molecule has 2 aromatic rings. The first-order valence-corrected chi connectivity index (χ1v) is 5.94. The molecule has 1 aliphatic rings. The van der Waals surface area contributed by atoms with E-state index in [1.165, 1.54) is 7.11 Å². The summed E-state index contributed by atoms with van der Waals surface area (Å²) in [5.41, 5.74) is 1.73. The zero-order chi connectivity index (χ0) is 12.9. The third kappa shape index (κ3) is 1.46. The Kier molecular flexibility index (Phi) is 2.41. The minimum absolute atomic E-state index is 0.173. The van der Waals surface area contributed by atoms with Crippen molar-refractivity contribution in [2.45, 2.75) is 25.9 Å². The predicted octanol–water partition coefficient (Wildman–Crippen LogP) is 2.09. The average molecular weight is 246 g/mol. The summed E-state index contributed by atoms with van der Waals surface area (Å²) in [6.45, 7) is 1.92. The monoisotopic (exact) mass is 246 g/mol. The summed E-state index contributed by atoms with van der Waals surface area (Å²) >= 11 is 0. The van der Waals surface area contributed by atoms with Crippen molar-refractivity contribution in [2.24, 2.45) is 0 Å². The van der Waals surface area contributed by atoms with Gasteiger partial charge in [0.25, 0.3) is 0 Å². The quantitative estimate of drug-likeness (QED) is 0.837. The number of aryl methyl sites for hydroxylation is 2. The third-order valence-electron chi connectivity index (χ3n) is 3.41. The summed E-state index contributed by atoms with van der Waals surface area (Å²) in [4.78, 5) is 12.4. The Bertz CT molecular complexity index is 684. The molecule has 0 fully saturated rings. The number of aliphatic hydroxyl groups is 1. The Hall–Kier alpha value is -1.81. The third-order valence-corrected chi connectivity index (χ3v) is 3.41. The molecule has 18 heavy (non-hydrogen) atoms. The minimum atomic E-state index is -0.716. The molecule has 1 aromatic heterocycles. The van der Waals surface area contributed by atoms with Crippen LogP contribution in [0, 0.1) is 6.92 Å². The summed E-state index contributed by atoms with van der Waals surface area (Å²) in [5.74, 6) is 1.10. The van der Waals surface area contributed by atoms with Gasteiger partial charge in [-0.25, -0.2) is 0 Å². The number of hydrogen-bond acceptors (Lipinski definition) is 4. The number of ether oxygens (including phenoxy) is 1. The first-order chi connectivity index (χ1) is 8.61. The number of benzene rings is 1. The molecule has 1 unspecified atom stereocenters. The van der Waals surface area contributed by atoms with E-state index < -0.39 is 6.10 Å². The maximum atomic E-state index is 12.4. The minimum Gasteiger partial charge on any atom is -0.496 e. The van der Waals surface area contributed by atoms with E-state index in [0.717, 1.165) is 5.56 Å². The Morgan fingerprint density at radius 1 is 1.44 bits per heavy atom. The summed E-state index contributed by atoms with van der Waals surface area (Å²) in [6, 6.07) is 3.62. The molecule has 0 bridgehead atoms. The molecule has 3 rings (SSSR count). The molecule has 0 saturated carbocycles. The van der Waals surface area contributed by atoms with Crippen LogP contribution >= 0.6 is 0 Å². The zero-order valence-corrected chi connectivity index (χ0v) is 10.3. The number of hydrogen-bond donors (Lipinski definition) is 1. The summed E-state index contributed by atoms with van der Waals surface area (Å²) in [6.07, 6.45) is 0.440. The van der Waals surface area contributed by atoms with Crippen molar-refractivity contribution < 1.29 is 14.3 Å². The number of fused-ring (bicyclic) bond motifs is 2. The van der Waals surface area contributed by atoms with Crippen molar-refractivity contribution in [1.82, 2.24) is 0 Å². The standard InChI is InChI=1S/C14H14O4/c1-7-5-10(17-2)13-11(6-7)18-9-4-3-8(15)12(9)14(13)16/h5-6,8,15H,3-4H2,1-2H3. The molecule has 0 saturated heterocycles. The van der Waals surface area contributed by atoms with Crippen LogP contribution in [0.25, 0.3) is 11.0 Å². The van der Waals surface area contributed by atoms with E-state index in [1.54, 1.807) is 6.07 Å². The van der Waals surface area contributed by atoms with Crippen molar-refractivity contribution in [3.8, 4) is 5.75 Å². The maximum Gasteiger partial charge on any atom is 0.202 e. The van der Waals surface area contributed by atoms with Gasteiger partial charge in [-0.3, -0.25) is 4.79 Å². The van der Waals surface area contributed by atoms with Crippen LogP contribution in [0.5, 0.6) is 5.75 Å². The highest BCUT2D eigenvalue weighted by Crippen LogP contribution is 2.33. The van der Waals surface area contributed by atoms with Crippen LogP contribution in [0.2, 0.25) is 0 Å². The first-order valence-electron chi connectivity index (χ1n) is 5.94. The highest BCUT2D eigenvalue weighted by molar-refractivity contribution is 5.85. The maximum absolute atomic E-state index is 12.4. The van der Waals surface area contributed by atoms with Gasteiger partial charge in [0, 0.05) is 6.42 Å². The topological polar surface area (TPSA) is 59.7 Å². The summed E-state index contributed by atoms with van der Waals surface area (Å²) in [7, 11) is 1.53. The Morgan fingerprint density at radius 3 is 2.94 bits per heavy atom. The van der Waals surface area contributed by atoms with Crippen molar-refractivity contribution in [1.29, 1.82) is 0 Å². The summed E-state index contributed by atoms with van der Waals surface area (Å²) < 4.78 is 11.0. The highest BCUT2D eigenvalue weighted by atomic mass is 16.5. The van der Waals surface area contributed by atoms with Crippen molar-refractivity contribution >= 4 is 11.0 Å². The average Bonchev–Trinajstić information content (AvgIpc) is 2.69. The lowest BCUT2D eigenvalue weighted by Gasteiger charge is -2.09. The molecule has 1 aromatic carbocycles. The molecule has 0 amide bonds. The largest absolute Gasteiger partial charge is 0.496 e. The second-order valence-corrected chi connectivity index (χ2v) is 4.66. The van der Waals surface area contributed by atoms with E-state index in [1.807, 2.05) is 13.0 Å². The molecule has 0 aliphatic heterocycles. The van der Waals surface area contributed by atoms with E-state index >= 15 is 0 Å². The van der Waals surface area contributed by atoms with Crippen LogP contribution in [0.3, 0.4) is 0 Å². The molecule has 1 aliphatic carbocycles. The molecular formula is C14H14O4. The van der Waals surface area contributed by atoms with Gasteiger partial charge in [-0.15, -0.1) is 0 Å². The van der Waals surface area contributed by atoms with Crippen LogP contribution in [0.1, 0.15) is 29.4 Å². The van der Waals surface area contributed by atoms with E-state index in [0.29, 0.717) is 40.9 Å². The van der Waals surface area contributed by atoms with Gasteiger partial charge in [-0.1, -0.05) is 0 Å². The van der Waals surface area contributed by atoms with Crippen molar-refractivity contribution in [3.63, 3.8) is 0 Å². The van der Waals surface area contributed by atoms with Gasteiger partial charge in [0.05, 0.1) is 18.8 Å². The van der Waals surface area contributed by atoms with E-state index in [9.17, 15) is 9.90 Å². The second kappa shape index (κ2) is 3.85. The van der Waals surface area contributed by atoms with Crippen LogP contribution in [-0.4, -0.2) is 12.2 Å². The second-order valence-electron chi connectivity index (χ2n) is 4.66. The molecule has 4 nitrogen and oxygen atoms in total. The van der Waals surface area contributed by atoms with Gasteiger partial charge in [0.15, 0.2) is 0 Å². The molecule has 94 valence electrons. The van der Waals surface area contributed by atoms with Gasteiger partial charge < -0.3 is 14.3 Å². The lowest BCUT2D eigenvalue weighted by atomic mass is 10.1. The predicted molar refractivity (Wildman–Crippen MR) is 67.1 cm³/mol. The van der Waals surface area contributed by atoms with Gasteiger partial charge in [-0.2, -0.15) is 0 Å². The van der Waals surface area contributed by atoms with Gasteiger partial charge in [0.2, 0.25) is 5.43 Å². The van der Waals surface area contributed by atoms with Crippen LogP contribution in [-0.2, 0) is 6.42 Å². The van der Waals surface area contributed by atoms with Gasteiger partial charge in [-0.05, 0) is 31.0 Å². The molecule has 0 radical (unpaired) electrons. The van der Waals surface area contributed by atoms with Gasteiger partial charge >= 0.3 is 0 Å². The molecule has 4 heteroatoms. The molecule has 0 spiro atoms. The smallest absolute Gasteiger partial charge is 0.202 e. The fourth-order valence-corrected chi connectivity index (χ4v) is 2.57. The number of aliphatic hydroxyl groups excluding tert-OH is 1. The Morgan fingerprint density at radius 2 is 2.22 bits per heavy atom. The van der Waals surface area contributed by atoms with Crippen molar-refractivity contribution in [3.05, 3.63) is 39.2 Å². The Labute approximate surface area is 104 Å². The normalized spacial score (nSPS) is 18.1. The number of methoxy groups -OCH3 is 1. The number of rotatable bonds is 1. The fourth-order valence-electron chi connectivity index (χ4n) is 2.57. The fraction of sp³-hybridized carbons (Fsp3) is 0.357. The van der Waals surface area contributed by atoms with E-state index in [2.05, 4.69) is 0 Å². The van der Waals surface area contributed by atoms with Crippen LogP contribution in [0.15, 0.2) is 21.3 Å². The molecular weight excluding hydrogens is 232 g/mol. The van der Waals surface area contributed by atoms with Crippen LogP contribution < -0.4 is 10.2 Å². The Balaban J connectivity index is 2.46. The lowest BCUT2D eigenvalue weighted by Crippen LogP contribution is -2.12. The molecule has 1 heterocycles. The first kappa shape index (κ1) is 11.3. The molecule has 1 atom stereocenters.